The first kappa shape index (κ1) is 19.1. The van der Waals surface area contributed by atoms with Gasteiger partial charge in [0.25, 0.3) is 0 Å². The molecule has 0 unspecified atom stereocenters. The van der Waals surface area contributed by atoms with E-state index < -0.39 is 10.0 Å². The van der Waals surface area contributed by atoms with Gasteiger partial charge in [0.05, 0.1) is 17.0 Å². The smallest absolute Gasteiger partial charge is 0.243 e. The van der Waals surface area contributed by atoms with Crippen molar-refractivity contribution in [1.82, 2.24) is 9.21 Å². The molecule has 5 nitrogen and oxygen atoms in total. The van der Waals surface area contributed by atoms with Crippen LogP contribution in [0, 0.1) is 5.82 Å². The summed E-state index contributed by atoms with van der Waals surface area (Å²) in [7, 11) is -2.15. The summed E-state index contributed by atoms with van der Waals surface area (Å²) in [6.45, 7) is 2.24. The highest BCUT2D eigenvalue weighted by molar-refractivity contribution is 7.89. The lowest BCUT2D eigenvalue weighted by molar-refractivity contribution is 0.180. The van der Waals surface area contributed by atoms with Crippen LogP contribution in [-0.4, -0.2) is 50.9 Å². The van der Waals surface area contributed by atoms with Crippen LogP contribution in [0.4, 0.5) is 4.39 Å². The molecule has 1 aliphatic rings. The zero-order chi connectivity index (χ0) is 18.7. The molecule has 1 aliphatic heterocycles. The molecule has 0 saturated carbocycles. The molecule has 8 heteroatoms. The van der Waals surface area contributed by atoms with E-state index in [2.05, 4.69) is 0 Å². The van der Waals surface area contributed by atoms with Crippen LogP contribution >= 0.6 is 11.6 Å². The molecule has 0 N–H and O–H groups in total. The van der Waals surface area contributed by atoms with E-state index in [1.54, 1.807) is 24.3 Å². The molecule has 0 aromatic heterocycles. The van der Waals surface area contributed by atoms with Gasteiger partial charge in [0.15, 0.2) is 0 Å². The molecule has 0 amide bonds. The van der Waals surface area contributed by atoms with E-state index in [0.717, 1.165) is 0 Å². The standard InChI is InChI=1S/C18H20ClFN2O3S/c1-25-18-7-6-15(12-16(18)19)26(23,24)22-10-8-21(9-11-22)13-14-4-2-3-5-17(14)20/h2-7,12H,8-11,13H2,1H3. The Bertz CT molecular complexity index is 884. The second-order valence-electron chi connectivity index (χ2n) is 6.07. The molecule has 140 valence electrons. The Kier molecular flexibility index (Phi) is 5.82. The number of nitrogens with zero attached hydrogens (tertiary/aromatic N) is 2. The number of piperazine rings is 1. The van der Waals surface area contributed by atoms with E-state index in [1.807, 2.05) is 4.90 Å². The SMILES string of the molecule is COc1ccc(S(=O)(=O)N2CCN(Cc3ccccc3F)CC2)cc1Cl. The van der Waals surface area contributed by atoms with Gasteiger partial charge in [-0.15, -0.1) is 0 Å². The van der Waals surface area contributed by atoms with Crippen molar-refractivity contribution >= 4 is 21.6 Å². The molecule has 0 atom stereocenters. The first-order valence-corrected chi connectivity index (χ1v) is 10.0. The topological polar surface area (TPSA) is 49.9 Å². The number of rotatable bonds is 5. The molecule has 0 spiro atoms. The fourth-order valence-electron chi connectivity index (χ4n) is 2.95. The highest BCUT2D eigenvalue weighted by Crippen LogP contribution is 2.28. The van der Waals surface area contributed by atoms with Gasteiger partial charge in [-0.3, -0.25) is 4.90 Å². The number of hydrogen-bond acceptors (Lipinski definition) is 4. The first-order valence-electron chi connectivity index (χ1n) is 8.21. The molecule has 26 heavy (non-hydrogen) atoms. The third kappa shape index (κ3) is 4.01. The molecule has 1 saturated heterocycles. The van der Waals surface area contributed by atoms with Crippen LogP contribution in [0.25, 0.3) is 0 Å². The van der Waals surface area contributed by atoms with Crippen LogP contribution in [-0.2, 0) is 16.6 Å². The second-order valence-corrected chi connectivity index (χ2v) is 8.41. The number of ether oxygens (including phenoxy) is 1. The largest absolute Gasteiger partial charge is 0.495 e. The minimum atomic E-state index is -3.62. The van der Waals surface area contributed by atoms with Crippen LogP contribution in [0.15, 0.2) is 47.4 Å². The number of halogens is 2. The maximum absolute atomic E-state index is 13.8. The van der Waals surface area contributed by atoms with Crippen LogP contribution in [0.5, 0.6) is 5.75 Å². The predicted molar refractivity (Wildman–Crippen MR) is 98.4 cm³/mol. The number of benzene rings is 2. The molecule has 1 heterocycles. The van der Waals surface area contributed by atoms with Crippen LogP contribution in [0.1, 0.15) is 5.56 Å². The van der Waals surface area contributed by atoms with Gasteiger partial charge in [0.1, 0.15) is 11.6 Å². The van der Waals surface area contributed by atoms with Crippen molar-refractivity contribution < 1.29 is 17.5 Å². The predicted octanol–water partition coefficient (Wildman–Crippen LogP) is 2.99. The van der Waals surface area contributed by atoms with Crippen molar-refractivity contribution in [3.63, 3.8) is 0 Å². The Morgan fingerprint density at radius 1 is 1.12 bits per heavy atom. The molecule has 1 fully saturated rings. The maximum Gasteiger partial charge on any atom is 0.243 e. The van der Waals surface area contributed by atoms with Crippen molar-refractivity contribution in [1.29, 1.82) is 0 Å². The quantitative estimate of drug-likeness (QED) is 0.777. The summed E-state index contributed by atoms with van der Waals surface area (Å²) in [5, 5.41) is 0.256. The Labute approximate surface area is 158 Å². The van der Waals surface area contributed by atoms with E-state index in [0.29, 0.717) is 44.0 Å². The highest BCUT2D eigenvalue weighted by Gasteiger charge is 2.29. The lowest BCUT2D eigenvalue weighted by Crippen LogP contribution is -2.48. The molecular weight excluding hydrogens is 379 g/mol. The third-order valence-electron chi connectivity index (χ3n) is 4.44. The van der Waals surface area contributed by atoms with Gasteiger partial charge < -0.3 is 4.74 Å². The zero-order valence-electron chi connectivity index (χ0n) is 14.4. The summed E-state index contributed by atoms with van der Waals surface area (Å²) in [6.07, 6.45) is 0. The number of hydrogen-bond donors (Lipinski definition) is 0. The molecule has 0 bridgehead atoms. The monoisotopic (exact) mass is 398 g/mol. The maximum atomic E-state index is 13.8. The van der Waals surface area contributed by atoms with E-state index in [4.69, 9.17) is 16.3 Å². The summed E-state index contributed by atoms with van der Waals surface area (Å²) in [6, 6.07) is 11.1. The molecule has 0 aliphatic carbocycles. The van der Waals surface area contributed by atoms with Gasteiger partial charge in [-0.1, -0.05) is 29.8 Å². The minimum absolute atomic E-state index is 0.144. The summed E-state index contributed by atoms with van der Waals surface area (Å²) in [4.78, 5) is 2.19. The zero-order valence-corrected chi connectivity index (χ0v) is 15.9. The van der Waals surface area contributed by atoms with E-state index in [1.165, 1.54) is 29.6 Å². The molecule has 2 aromatic carbocycles. The van der Waals surface area contributed by atoms with Gasteiger partial charge in [-0.2, -0.15) is 4.31 Å². The van der Waals surface area contributed by atoms with Crippen LogP contribution < -0.4 is 4.74 Å². The van der Waals surface area contributed by atoms with E-state index >= 15 is 0 Å². The van der Waals surface area contributed by atoms with Crippen LogP contribution in [0.2, 0.25) is 5.02 Å². The second kappa shape index (κ2) is 7.92. The van der Waals surface area contributed by atoms with Crippen molar-refractivity contribution in [2.75, 3.05) is 33.3 Å². The fraction of sp³-hybridized carbons (Fsp3) is 0.333. The Balaban J connectivity index is 1.67. The molecular formula is C18H20ClFN2O3S. The van der Waals surface area contributed by atoms with Gasteiger partial charge in [0, 0.05) is 38.3 Å². The minimum Gasteiger partial charge on any atom is -0.495 e. The average molecular weight is 399 g/mol. The normalized spacial score (nSPS) is 16.6. The molecule has 0 radical (unpaired) electrons. The van der Waals surface area contributed by atoms with Crippen molar-refractivity contribution in [3.8, 4) is 5.75 Å². The molecule has 2 aromatic rings. The first-order chi connectivity index (χ1) is 12.4. The number of sulfonamides is 1. The van der Waals surface area contributed by atoms with Crippen molar-refractivity contribution in [3.05, 3.63) is 58.9 Å². The van der Waals surface area contributed by atoms with Crippen molar-refractivity contribution in [2.24, 2.45) is 0 Å². The summed E-state index contributed by atoms with van der Waals surface area (Å²) >= 11 is 6.05. The lowest BCUT2D eigenvalue weighted by atomic mass is 10.2. The summed E-state index contributed by atoms with van der Waals surface area (Å²) in [5.74, 6) is 0.191. The fourth-order valence-corrected chi connectivity index (χ4v) is 4.72. The van der Waals surface area contributed by atoms with E-state index in [-0.39, 0.29) is 15.7 Å². The Morgan fingerprint density at radius 3 is 2.42 bits per heavy atom. The average Bonchev–Trinajstić information content (AvgIpc) is 2.64. The van der Waals surface area contributed by atoms with Crippen molar-refractivity contribution in [2.45, 2.75) is 11.4 Å². The lowest BCUT2D eigenvalue weighted by Gasteiger charge is -2.34. The van der Waals surface area contributed by atoms with Gasteiger partial charge in [-0.25, -0.2) is 12.8 Å². The third-order valence-corrected chi connectivity index (χ3v) is 6.63. The van der Waals surface area contributed by atoms with E-state index in [9.17, 15) is 12.8 Å². The Hall–Kier alpha value is -1.67. The summed E-state index contributed by atoms with van der Waals surface area (Å²) in [5.41, 5.74) is 0.616. The molecule has 3 rings (SSSR count). The van der Waals surface area contributed by atoms with Gasteiger partial charge in [0.2, 0.25) is 10.0 Å². The van der Waals surface area contributed by atoms with Crippen LogP contribution in [0.3, 0.4) is 0 Å². The Morgan fingerprint density at radius 2 is 1.81 bits per heavy atom. The summed E-state index contributed by atoms with van der Waals surface area (Å²) < 4.78 is 45.9. The van der Waals surface area contributed by atoms with Gasteiger partial charge in [-0.05, 0) is 24.3 Å². The number of methoxy groups -OCH3 is 1. The highest BCUT2D eigenvalue weighted by atomic mass is 35.5. The van der Waals surface area contributed by atoms with Gasteiger partial charge >= 0.3 is 0 Å².